The number of amidine groups is 1. The highest BCUT2D eigenvalue weighted by Crippen LogP contribution is 2.33. The van der Waals surface area contributed by atoms with Gasteiger partial charge < -0.3 is 20.7 Å². The summed E-state index contributed by atoms with van der Waals surface area (Å²) in [6, 6.07) is 9.18. The molecule has 1 unspecified atom stereocenters. The van der Waals surface area contributed by atoms with E-state index in [4.69, 9.17) is 4.74 Å². The van der Waals surface area contributed by atoms with E-state index in [1.165, 1.54) is 18.5 Å². The first-order valence-electron chi connectivity index (χ1n) is 12.2. The maximum Gasteiger partial charge on any atom is 0.416 e. The van der Waals surface area contributed by atoms with Crippen LogP contribution in [0.1, 0.15) is 35.3 Å². The van der Waals surface area contributed by atoms with Gasteiger partial charge in [0.25, 0.3) is 5.91 Å². The molecule has 12 heteroatoms. The Kier molecular flexibility index (Phi) is 8.05. The van der Waals surface area contributed by atoms with Crippen LogP contribution in [-0.4, -0.2) is 55.3 Å². The lowest BCUT2D eigenvalue weighted by Crippen LogP contribution is -2.41. The van der Waals surface area contributed by atoms with E-state index in [1.807, 2.05) is 20.8 Å². The van der Waals surface area contributed by atoms with Gasteiger partial charge >= 0.3 is 6.18 Å². The number of nitrogens with zero attached hydrogens (tertiary/aromatic N) is 3. The molecule has 3 N–H and O–H groups in total. The van der Waals surface area contributed by atoms with E-state index in [2.05, 4.69) is 26.0 Å². The van der Waals surface area contributed by atoms with Gasteiger partial charge in [0.05, 0.1) is 24.6 Å². The van der Waals surface area contributed by atoms with Crippen LogP contribution < -0.4 is 16.0 Å². The fourth-order valence-corrected chi connectivity index (χ4v) is 4.40. The van der Waals surface area contributed by atoms with Crippen LogP contribution in [-0.2, 0) is 15.7 Å². The van der Waals surface area contributed by atoms with Crippen molar-refractivity contribution in [3.63, 3.8) is 0 Å². The van der Waals surface area contributed by atoms with Gasteiger partial charge in [0.1, 0.15) is 12.0 Å². The van der Waals surface area contributed by atoms with E-state index in [1.54, 1.807) is 30.3 Å². The highest BCUT2D eigenvalue weighted by atomic mass is 19.4. The number of hydrogen-bond donors (Lipinski definition) is 3. The van der Waals surface area contributed by atoms with Gasteiger partial charge in [-0.2, -0.15) is 18.3 Å². The van der Waals surface area contributed by atoms with E-state index < -0.39 is 23.6 Å². The smallest absolute Gasteiger partial charge is 0.383 e. The van der Waals surface area contributed by atoms with Crippen LogP contribution in [0.4, 0.5) is 24.5 Å². The molecular weight excluding hydrogens is 513 g/mol. The number of methoxy groups -OCH3 is 1. The molecule has 4 rings (SSSR count). The van der Waals surface area contributed by atoms with Crippen molar-refractivity contribution in [1.29, 1.82) is 0 Å². The SMILES string of the molecule is COC[C@H](C)NC(=O)C1CN2N=CN=C(Nc3cc(NC(=O)c4cccc(C(F)(F)F)c4)ccc3C)C2=C1C. The molecule has 206 valence electrons. The molecule has 0 saturated carbocycles. The Hall–Kier alpha value is -4.19. The van der Waals surface area contributed by atoms with Crippen LogP contribution in [0.3, 0.4) is 0 Å². The summed E-state index contributed by atoms with van der Waals surface area (Å²) in [7, 11) is 1.57. The lowest BCUT2D eigenvalue weighted by atomic mass is 10.0. The molecule has 2 atom stereocenters. The molecule has 0 saturated heterocycles. The number of amides is 2. The van der Waals surface area contributed by atoms with Crippen LogP contribution >= 0.6 is 0 Å². The lowest BCUT2D eigenvalue weighted by molar-refractivity contribution is -0.137. The van der Waals surface area contributed by atoms with E-state index in [-0.39, 0.29) is 17.5 Å². The topological polar surface area (TPSA) is 107 Å². The minimum Gasteiger partial charge on any atom is -0.383 e. The summed E-state index contributed by atoms with van der Waals surface area (Å²) in [5.41, 5.74) is 2.30. The minimum atomic E-state index is -4.55. The Bertz CT molecular complexity index is 1370. The monoisotopic (exact) mass is 542 g/mol. The number of halogens is 3. The highest BCUT2D eigenvalue weighted by Gasteiger charge is 2.37. The van der Waals surface area contributed by atoms with E-state index in [9.17, 15) is 22.8 Å². The summed E-state index contributed by atoms with van der Waals surface area (Å²) in [5.74, 6) is -0.757. The molecular formula is C27H29F3N6O3. The van der Waals surface area contributed by atoms with Crippen molar-refractivity contribution in [2.75, 3.05) is 30.9 Å². The van der Waals surface area contributed by atoms with Gasteiger partial charge in [-0.3, -0.25) is 14.6 Å². The number of aryl methyl sites for hydroxylation is 1. The molecule has 2 aromatic carbocycles. The van der Waals surface area contributed by atoms with E-state index in [0.717, 1.165) is 23.3 Å². The normalized spacial score (nSPS) is 17.5. The number of carbonyl (C=O) groups excluding carboxylic acids is 2. The minimum absolute atomic E-state index is 0.112. The Morgan fingerprint density at radius 2 is 1.95 bits per heavy atom. The molecule has 0 spiro atoms. The van der Waals surface area contributed by atoms with Crippen molar-refractivity contribution in [1.82, 2.24) is 10.3 Å². The highest BCUT2D eigenvalue weighted by molar-refractivity contribution is 6.13. The molecule has 2 aliphatic rings. The number of benzene rings is 2. The Morgan fingerprint density at radius 1 is 1.18 bits per heavy atom. The molecule has 0 aliphatic carbocycles. The maximum atomic E-state index is 13.1. The third-order valence-corrected chi connectivity index (χ3v) is 6.43. The Balaban J connectivity index is 1.52. The number of hydrogen-bond acceptors (Lipinski definition) is 7. The molecule has 0 fully saturated rings. The predicted octanol–water partition coefficient (Wildman–Crippen LogP) is 4.39. The largest absolute Gasteiger partial charge is 0.416 e. The number of rotatable bonds is 7. The zero-order valence-electron chi connectivity index (χ0n) is 21.9. The van der Waals surface area contributed by atoms with Gasteiger partial charge in [0.2, 0.25) is 5.91 Å². The second-order valence-corrected chi connectivity index (χ2v) is 9.43. The van der Waals surface area contributed by atoms with Crippen LogP contribution in [0.2, 0.25) is 0 Å². The lowest BCUT2D eigenvalue weighted by Gasteiger charge is -2.23. The van der Waals surface area contributed by atoms with E-state index in [0.29, 0.717) is 36.1 Å². The summed E-state index contributed by atoms with van der Waals surface area (Å²) in [6.07, 6.45) is -3.16. The van der Waals surface area contributed by atoms with Crippen molar-refractivity contribution in [2.24, 2.45) is 16.0 Å². The number of anilines is 2. The van der Waals surface area contributed by atoms with E-state index >= 15 is 0 Å². The molecule has 2 aliphatic heterocycles. The zero-order valence-corrected chi connectivity index (χ0v) is 21.9. The first-order chi connectivity index (χ1) is 18.5. The summed E-state index contributed by atoms with van der Waals surface area (Å²) in [4.78, 5) is 30.0. The first kappa shape index (κ1) is 27.8. The third-order valence-electron chi connectivity index (χ3n) is 6.43. The van der Waals surface area contributed by atoms with Crippen molar-refractivity contribution in [3.8, 4) is 0 Å². The molecule has 0 aromatic heterocycles. The standard InChI is InChI=1S/C27H29F3N6O3/c1-15-8-9-20(34-25(37)18-6-5-7-19(10-18)27(28,29)30)11-22(15)35-24-23-17(3)21(12-36(23)32-14-31-24)26(38)33-16(2)13-39-4/h5-11,14,16,21H,12-13H2,1-4H3,(H,33,38)(H,34,37)(H,31,32,35)/t16-,21?/m0/s1. The molecule has 0 radical (unpaired) electrons. The fraction of sp³-hybridized carbons (Fsp3) is 0.333. The van der Waals surface area contributed by atoms with Gasteiger partial charge in [-0.1, -0.05) is 12.1 Å². The van der Waals surface area contributed by atoms with Crippen LogP contribution in [0.5, 0.6) is 0 Å². The second kappa shape index (κ2) is 11.3. The molecule has 2 aromatic rings. The molecule has 9 nitrogen and oxygen atoms in total. The van der Waals surface area contributed by atoms with Crippen molar-refractivity contribution in [3.05, 3.63) is 70.4 Å². The average molecular weight is 543 g/mol. The quantitative estimate of drug-likeness (QED) is 0.481. The number of carbonyl (C=O) groups is 2. The summed E-state index contributed by atoms with van der Waals surface area (Å²) < 4.78 is 44.3. The van der Waals surface area contributed by atoms with Gasteiger partial charge in [-0.25, -0.2) is 4.99 Å². The van der Waals surface area contributed by atoms with Gasteiger partial charge in [-0.15, -0.1) is 0 Å². The zero-order chi connectivity index (χ0) is 28.3. The summed E-state index contributed by atoms with van der Waals surface area (Å²) >= 11 is 0. The number of ether oxygens (including phenoxy) is 1. The fourth-order valence-electron chi connectivity index (χ4n) is 4.40. The molecule has 2 heterocycles. The Morgan fingerprint density at radius 3 is 2.67 bits per heavy atom. The number of aliphatic imine (C=N–C) groups is 1. The van der Waals surface area contributed by atoms with Crippen molar-refractivity contribution < 1.29 is 27.5 Å². The number of fused-ring (bicyclic) bond motifs is 1. The maximum absolute atomic E-state index is 13.1. The van der Waals surface area contributed by atoms with Crippen LogP contribution in [0.25, 0.3) is 0 Å². The van der Waals surface area contributed by atoms with Crippen molar-refractivity contribution >= 4 is 35.4 Å². The second-order valence-electron chi connectivity index (χ2n) is 9.43. The van der Waals surface area contributed by atoms with Crippen LogP contribution in [0.15, 0.2) is 63.8 Å². The van der Waals surface area contributed by atoms with Gasteiger partial charge in [0, 0.05) is 30.1 Å². The van der Waals surface area contributed by atoms with Crippen LogP contribution in [0, 0.1) is 12.8 Å². The number of nitrogens with one attached hydrogen (secondary N) is 3. The molecule has 0 bridgehead atoms. The van der Waals surface area contributed by atoms with Crippen molar-refractivity contribution in [2.45, 2.75) is 33.0 Å². The summed E-state index contributed by atoms with van der Waals surface area (Å²) in [6.45, 7) is 6.33. The third kappa shape index (κ3) is 6.28. The predicted molar refractivity (Wildman–Crippen MR) is 143 cm³/mol. The van der Waals surface area contributed by atoms with Gasteiger partial charge in [0.15, 0.2) is 5.84 Å². The van der Waals surface area contributed by atoms with Gasteiger partial charge in [-0.05, 0) is 62.2 Å². The number of alkyl halides is 3. The molecule has 2 amide bonds. The molecule has 39 heavy (non-hydrogen) atoms. The summed E-state index contributed by atoms with van der Waals surface area (Å²) in [5, 5.41) is 14.9. The first-order valence-corrected chi connectivity index (χ1v) is 12.2. The average Bonchev–Trinajstić information content (AvgIpc) is 3.23. The number of hydrazone groups is 1. The Labute approximate surface area is 223 Å².